The Labute approximate surface area is 245 Å². The van der Waals surface area contributed by atoms with E-state index in [1.54, 1.807) is 22.6 Å². The Kier molecular flexibility index (Phi) is 9.00. The average molecular weight is 606 g/mol. The number of piperidine rings is 1. The molecule has 43 heavy (non-hydrogen) atoms. The van der Waals surface area contributed by atoms with Crippen LogP contribution in [0.5, 0.6) is 0 Å². The summed E-state index contributed by atoms with van der Waals surface area (Å²) in [6.07, 6.45) is -0.315. The highest BCUT2D eigenvalue weighted by Crippen LogP contribution is 2.36. The predicted molar refractivity (Wildman–Crippen MR) is 148 cm³/mol. The minimum atomic E-state index is -4.56. The van der Waals surface area contributed by atoms with E-state index in [2.05, 4.69) is 15.6 Å². The quantitative estimate of drug-likeness (QED) is 0.279. The van der Waals surface area contributed by atoms with Crippen LogP contribution in [0.2, 0.25) is 0 Å². The summed E-state index contributed by atoms with van der Waals surface area (Å²) in [6.45, 7) is 3.29. The zero-order valence-corrected chi connectivity index (χ0v) is 23.5. The van der Waals surface area contributed by atoms with Gasteiger partial charge in [0.25, 0.3) is 0 Å². The fraction of sp³-hybridized carbons (Fsp3) is 0.433. The molecule has 0 spiro atoms. The number of rotatable bonds is 8. The molecule has 5 rings (SSSR count). The lowest BCUT2D eigenvalue weighted by Crippen LogP contribution is -2.40. The van der Waals surface area contributed by atoms with Crippen LogP contribution in [0, 0.1) is 23.5 Å². The number of nitrogens with one attached hydrogen (secondary N) is 2. The molecule has 1 aromatic heterocycles. The van der Waals surface area contributed by atoms with E-state index in [1.807, 2.05) is 0 Å². The number of hydrogen-bond donors (Lipinski definition) is 2. The largest absolute Gasteiger partial charge is 0.466 e. The van der Waals surface area contributed by atoms with Gasteiger partial charge in [-0.25, -0.2) is 13.8 Å². The Bertz CT molecular complexity index is 1480. The van der Waals surface area contributed by atoms with Crippen LogP contribution in [-0.2, 0) is 27.0 Å². The Morgan fingerprint density at radius 1 is 1.14 bits per heavy atom. The molecule has 0 saturated carbocycles. The minimum Gasteiger partial charge on any atom is -0.466 e. The fourth-order valence-electron chi connectivity index (χ4n) is 5.85. The summed E-state index contributed by atoms with van der Waals surface area (Å²) in [5.74, 6) is -3.73. The number of amides is 1. The van der Waals surface area contributed by atoms with Crippen molar-refractivity contribution in [2.75, 3.05) is 43.0 Å². The molecule has 0 unspecified atom stereocenters. The Balaban J connectivity index is 1.37. The molecule has 2 saturated heterocycles. The first-order valence-electron chi connectivity index (χ1n) is 14.1. The van der Waals surface area contributed by atoms with Crippen molar-refractivity contribution in [3.05, 3.63) is 77.1 Å². The number of anilines is 2. The lowest BCUT2D eigenvalue weighted by molar-refractivity contribution is -0.148. The van der Waals surface area contributed by atoms with Gasteiger partial charge in [0.1, 0.15) is 11.6 Å². The normalized spacial score (nSPS) is 20.7. The van der Waals surface area contributed by atoms with Crippen molar-refractivity contribution in [3.8, 4) is 0 Å². The summed E-state index contributed by atoms with van der Waals surface area (Å²) in [6, 6.07) is 6.76. The van der Waals surface area contributed by atoms with Crippen LogP contribution >= 0.6 is 0 Å². The molecule has 2 aliphatic heterocycles. The first-order chi connectivity index (χ1) is 20.5. The average Bonchev–Trinajstić information content (AvgIpc) is 3.63. The highest BCUT2D eigenvalue weighted by atomic mass is 19.4. The molecule has 3 atom stereocenters. The topological polar surface area (TPSA) is 88.5 Å². The third-order valence-corrected chi connectivity index (χ3v) is 8.00. The lowest BCUT2D eigenvalue weighted by atomic mass is 9.88. The number of aromatic nitrogens is 2. The number of nitrogens with zero attached hydrogens (tertiary/aromatic N) is 3. The number of carbonyl (C=O) groups excluding carboxylic acids is 2. The number of halogens is 5. The number of imidazole rings is 1. The van der Waals surface area contributed by atoms with Crippen molar-refractivity contribution in [2.45, 2.75) is 38.4 Å². The van der Waals surface area contributed by atoms with E-state index in [4.69, 9.17) is 4.74 Å². The van der Waals surface area contributed by atoms with Gasteiger partial charge in [0.2, 0.25) is 11.9 Å². The Morgan fingerprint density at radius 3 is 2.70 bits per heavy atom. The van der Waals surface area contributed by atoms with Crippen molar-refractivity contribution < 1.29 is 36.3 Å². The molecule has 1 amide bonds. The van der Waals surface area contributed by atoms with E-state index in [1.165, 1.54) is 18.3 Å². The van der Waals surface area contributed by atoms with Crippen LogP contribution in [0.15, 0.2) is 48.8 Å². The standard InChI is InChI=1S/C30H32F5N5O3/c1-2-43-28(42)19-4-3-10-39(17-19)26-12-20(30(33,34)35)6-5-18(26)16-40-11-9-37-29(40)38-27(41)24-15-36-14-23(24)22-8-7-21(31)13-25(22)32/h5-9,11-13,19,23-24,36H,2-4,10,14-17H2,1H3,(H,37,38,41)/t19-,23+,24-/m1/s1. The molecule has 3 heterocycles. The van der Waals surface area contributed by atoms with Crippen LogP contribution in [-0.4, -0.2) is 54.2 Å². The number of ether oxygens (including phenoxy) is 1. The SMILES string of the molecule is CCOC(=O)[C@@H]1CCCN(c2cc(C(F)(F)F)ccc2Cn2ccnc2NC(=O)[C@@H]2CNC[C@H]2c2ccc(F)cc2F)C1. The summed E-state index contributed by atoms with van der Waals surface area (Å²) in [7, 11) is 0. The minimum absolute atomic E-state index is 0.0859. The van der Waals surface area contributed by atoms with Gasteiger partial charge in [0.05, 0.1) is 30.6 Å². The first kappa shape index (κ1) is 30.5. The molecular weight excluding hydrogens is 573 g/mol. The van der Waals surface area contributed by atoms with Crippen molar-refractivity contribution >= 4 is 23.5 Å². The molecule has 0 radical (unpaired) electrons. The van der Waals surface area contributed by atoms with Crippen LogP contribution in [0.25, 0.3) is 0 Å². The summed E-state index contributed by atoms with van der Waals surface area (Å²) in [5, 5.41) is 5.86. The van der Waals surface area contributed by atoms with Gasteiger partial charge in [0.15, 0.2) is 0 Å². The van der Waals surface area contributed by atoms with Gasteiger partial charge in [0, 0.05) is 56.2 Å². The monoisotopic (exact) mass is 605 g/mol. The maximum atomic E-state index is 14.5. The van der Waals surface area contributed by atoms with Crippen molar-refractivity contribution in [1.29, 1.82) is 0 Å². The first-order valence-corrected chi connectivity index (χ1v) is 14.1. The molecule has 0 bridgehead atoms. The molecule has 3 aromatic rings. The molecular formula is C30H32F5N5O3. The van der Waals surface area contributed by atoms with E-state index in [0.717, 1.165) is 24.3 Å². The molecule has 230 valence electrons. The third-order valence-electron chi connectivity index (χ3n) is 8.00. The fourth-order valence-corrected chi connectivity index (χ4v) is 5.85. The van der Waals surface area contributed by atoms with Gasteiger partial charge in [-0.1, -0.05) is 12.1 Å². The molecule has 2 fully saturated rings. The van der Waals surface area contributed by atoms with E-state index >= 15 is 0 Å². The van der Waals surface area contributed by atoms with Gasteiger partial charge in [-0.3, -0.25) is 14.9 Å². The maximum Gasteiger partial charge on any atom is 0.416 e. The van der Waals surface area contributed by atoms with Gasteiger partial charge < -0.3 is 19.5 Å². The summed E-state index contributed by atoms with van der Waals surface area (Å²) in [4.78, 5) is 31.8. The van der Waals surface area contributed by atoms with Crippen molar-refractivity contribution in [1.82, 2.24) is 14.9 Å². The summed E-state index contributed by atoms with van der Waals surface area (Å²) in [5.41, 5.74) is 0.296. The lowest BCUT2D eigenvalue weighted by Gasteiger charge is -2.35. The second-order valence-electron chi connectivity index (χ2n) is 10.8. The summed E-state index contributed by atoms with van der Waals surface area (Å²) >= 11 is 0. The number of carbonyl (C=O) groups is 2. The molecule has 13 heteroatoms. The van der Waals surface area contributed by atoms with Crippen LogP contribution < -0.4 is 15.5 Å². The molecule has 2 aliphatic rings. The number of alkyl halides is 3. The molecule has 2 N–H and O–H groups in total. The highest BCUT2D eigenvalue weighted by Gasteiger charge is 2.37. The van der Waals surface area contributed by atoms with Crippen LogP contribution in [0.4, 0.5) is 33.6 Å². The van der Waals surface area contributed by atoms with E-state index < -0.39 is 47.0 Å². The van der Waals surface area contributed by atoms with Crippen LogP contribution in [0.3, 0.4) is 0 Å². The van der Waals surface area contributed by atoms with Crippen molar-refractivity contribution in [2.24, 2.45) is 11.8 Å². The highest BCUT2D eigenvalue weighted by molar-refractivity contribution is 5.92. The van der Waals surface area contributed by atoms with Crippen molar-refractivity contribution in [3.63, 3.8) is 0 Å². The predicted octanol–water partition coefficient (Wildman–Crippen LogP) is 4.95. The van der Waals surface area contributed by atoms with Gasteiger partial charge in [-0.2, -0.15) is 13.2 Å². The molecule has 8 nitrogen and oxygen atoms in total. The van der Waals surface area contributed by atoms with E-state index in [-0.39, 0.29) is 43.7 Å². The molecule has 0 aliphatic carbocycles. The Morgan fingerprint density at radius 2 is 1.95 bits per heavy atom. The number of esters is 1. The molecule has 2 aromatic carbocycles. The van der Waals surface area contributed by atoms with E-state index in [0.29, 0.717) is 37.2 Å². The summed E-state index contributed by atoms with van der Waals surface area (Å²) < 4.78 is 75.8. The van der Waals surface area contributed by atoms with Gasteiger partial charge in [-0.15, -0.1) is 0 Å². The second kappa shape index (κ2) is 12.7. The smallest absolute Gasteiger partial charge is 0.416 e. The van der Waals surface area contributed by atoms with Gasteiger partial charge in [-0.05, 0) is 49.1 Å². The third kappa shape index (κ3) is 6.82. The maximum absolute atomic E-state index is 14.5. The number of hydrogen-bond acceptors (Lipinski definition) is 6. The zero-order valence-electron chi connectivity index (χ0n) is 23.5. The zero-order chi connectivity index (χ0) is 30.7. The number of benzene rings is 2. The second-order valence-corrected chi connectivity index (χ2v) is 10.8. The van der Waals surface area contributed by atoms with Gasteiger partial charge >= 0.3 is 12.1 Å². The van der Waals surface area contributed by atoms with Crippen LogP contribution in [0.1, 0.15) is 42.4 Å². The Hall–Kier alpha value is -4.00. The van der Waals surface area contributed by atoms with E-state index in [9.17, 15) is 31.5 Å².